The van der Waals surface area contributed by atoms with E-state index in [0.29, 0.717) is 5.92 Å². The molecule has 4 rings (SSSR count). The highest BCUT2D eigenvalue weighted by atomic mass is 19.1. The molecule has 6 nitrogen and oxygen atoms in total. The predicted molar refractivity (Wildman–Crippen MR) is 141 cm³/mol. The average molecular weight is 482 g/mol. The minimum atomic E-state index is -1.34. The molecule has 0 radical (unpaired) electrons. The number of fused-ring (bicyclic) bond motifs is 1. The normalized spacial score (nSPS) is 16.2. The van der Waals surface area contributed by atoms with Gasteiger partial charge in [-0.3, -0.25) is 0 Å². The Morgan fingerprint density at radius 2 is 1.91 bits per heavy atom. The number of aromatic nitrogens is 3. The summed E-state index contributed by atoms with van der Waals surface area (Å²) in [5, 5.41) is 13.8. The van der Waals surface area contributed by atoms with Crippen molar-refractivity contribution in [2.24, 2.45) is 5.92 Å². The number of anilines is 1. The number of para-hydroxylation sites is 1. The van der Waals surface area contributed by atoms with Crippen molar-refractivity contribution in [3.8, 4) is 0 Å². The van der Waals surface area contributed by atoms with Gasteiger partial charge in [-0.05, 0) is 63.5 Å². The summed E-state index contributed by atoms with van der Waals surface area (Å²) in [5.41, 5.74) is 3.03. The number of hydrogen-bond donors (Lipinski definition) is 3. The van der Waals surface area contributed by atoms with Crippen molar-refractivity contribution in [2.45, 2.75) is 71.0 Å². The molecule has 0 spiro atoms. The number of nitrogens with zero attached hydrogens (tertiary/aromatic N) is 3. The van der Waals surface area contributed by atoms with Gasteiger partial charge in [-0.15, -0.1) is 0 Å². The second-order valence-electron chi connectivity index (χ2n) is 10.5. The molecule has 3 N–H and O–H groups in total. The zero-order valence-corrected chi connectivity index (χ0v) is 21.4. The maximum Gasteiger partial charge on any atom is 0.225 e. The zero-order valence-electron chi connectivity index (χ0n) is 21.4. The maximum atomic E-state index is 14.5. The summed E-state index contributed by atoms with van der Waals surface area (Å²) in [6.07, 6.45) is 9.95. The number of aromatic amines is 1. The summed E-state index contributed by atoms with van der Waals surface area (Å²) >= 11 is 0. The van der Waals surface area contributed by atoms with Gasteiger partial charge in [0.05, 0.1) is 6.04 Å². The van der Waals surface area contributed by atoms with Crippen LogP contribution < -0.4 is 10.2 Å². The van der Waals surface area contributed by atoms with Crippen LogP contribution in [0.15, 0.2) is 36.7 Å². The van der Waals surface area contributed by atoms with Crippen LogP contribution >= 0.6 is 0 Å². The lowest BCUT2D eigenvalue weighted by atomic mass is 9.92. The zero-order chi connectivity index (χ0) is 24.8. The van der Waals surface area contributed by atoms with Crippen LogP contribution in [-0.2, 0) is 6.42 Å². The van der Waals surface area contributed by atoms with E-state index < -0.39 is 5.67 Å². The van der Waals surface area contributed by atoms with Gasteiger partial charge in [0.25, 0.3) is 0 Å². The Bertz CT molecular complexity index is 1070. The van der Waals surface area contributed by atoms with Gasteiger partial charge in [-0.2, -0.15) is 0 Å². The third-order valence-corrected chi connectivity index (χ3v) is 7.02. The molecule has 190 valence electrons. The molecule has 35 heavy (non-hydrogen) atoms. The first kappa shape index (κ1) is 25.6. The molecule has 2 aromatic heterocycles. The van der Waals surface area contributed by atoms with Crippen molar-refractivity contribution >= 4 is 16.9 Å². The average Bonchev–Trinajstić information content (AvgIpc) is 3.21. The number of piperidine rings is 1. The van der Waals surface area contributed by atoms with Crippen molar-refractivity contribution in [3.63, 3.8) is 0 Å². The molecule has 0 amide bonds. The number of aryl methyl sites for hydroxylation is 1. The second kappa shape index (κ2) is 11.5. The van der Waals surface area contributed by atoms with Crippen molar-refractivity contribution in [1.82, 2.24) is 20.3 Å². The van der Waals surface area contributed by atoms with Crippen molar-refractivity contribution in [1.29, 1.82) is 0 Å². The number of halogens is 1. The number of rotatable bonds is 11. The number of hydrogen-bond acceptors (Lipinski definition) is 5. The predicted octanol–water partition coefficient (Wildman–Crippen LogP) is 5.33. The largest absolute Gasteiger partial charge is 0.396 e. The molecule has 1 fully saturated rings. The number of H-pyrrole nitrogens is 1. The molecule has 3 aromatic rings. The standard InChI is InChI=1S/C28H40FN5O/c1-4-8-23-22-10-5-6-11-24(22)33-26(23)25(32-19-28(2,3)29)21-17-30-27(31-18-21)34-14-12-20(13-15-34)9-7-16-35/h5-6,10-11,17-18,20,25,32-33,35H,4,7-9,12-16,19H2,1-3H3/t25-/m1/s1. The van der Waals surface area contributed by atoms with Gasteiger partial charge in [0, 0.05) is 60.8 Å². The molecule has 1 atom stereocenters. The first-order chi connectivity index (χ1) is 16.9. The van der Waals surface area contributed by atoms with Crippen molar-refractivity contribution in [2.75, 3.05) is 31.1 Å². The first-order valence-corrected chi connectivity index (χ1v) is 13.1. The third kappa shape index (κ3) is 6.39. The highest BCUT2D eigenvalue weighted by molar-refractivity contribution is 5.85. The van der Waals surface area contributed by atoms with Gasteiger partial charge in [0.2, 0.25) is 5.95 Å². The Labute approximate surface area is 208 Å². The van der Waals surface area contributed by atoms with Crippen LogP contribution in [0.1, 0.15) is 75.7 Å². The highest BCUT2D eigenvalue weighted by Gasteiger charge is 2.26. The number of benzene rings is 1. The highest BCUT2D eigenvalue weighted by Crippen LogP contribution is 2.32. The Kier molecular flexibility index (Phi) is 8.39. The maximum absolute atomic E-state index is 14.5. The van der Waals surface area contributed by atoms with E-state index in [1.165, 1.54) is 10.9 Å². The number of nitrogens with one attached hydrogen (secondary N) is 2. The van der Waals surface area contributed by atoms with Crippen LogP contribution in [0.2, 0.25) is 0 Å². The Hall–Kier alpha value is -2.51. The fraction of sp³-hybridized carbons (Fsp3) is 0.571. The summed E-state index contributed by atoms with van der Waals surface area (Å²) in [4.78, 5) is 15.3. The van der Waals surface area contributed by atoms with Gasteiger partial charge in [0.15, 0.2) is 0 Å². The van der Waals surface area contributed by atoms with Crippen LogP contribution in [-0.4, -0.2) is 52.0 Å². The first-order valence-electron chi connectivity index (χ1n) is 13.1. The van der Waals surface area contributed by atoms with Crippen LogP contribution in [0.25, 0.3) is 10.9 Å². The Morgan fingerprint density at radius 3 is 2.57 bits per heavy atom. The van der Waals surface area contributed by atoms with Crippen molar-refractivity contribution < 1.29 is 9.50 Å². The Morgan fingerprint density at radius 1 is 1.20 bits per heavy atom. The molecular formula is C28H40FN5O. The smallest absolute Gasteiger partial charge is 0.225 e. The molecule has 7 heteroatoms. The lowest BCUT2D eigenvalue weighted by Crippen LogP contribution is -2.36. The lowest BCUT2D eigenvalue weighted by Gasteiger charge is -2.32. The topological polar surface area (TPSA) is 77.1 Å². The fourth-order valence-electron chi connectivity index (χ4n) is 5.16. The molecule has 0 aliphatic carbocycles. The summed E-state index contributed by atoms with van der Waals surface area (Å²) in [5.74, 6) is 1.43. The van der Waals surface area contributed by atoms with E-state index in [0.717, 1.165) is 74.3 Å². The molecule has 1 aliphatic rings. The molecule has 3 heterocycles. The van der Waals surface area contributed by atoms with Crippen LogP contribution in [0.3, 0.4) is 0 Å². The van der Waals surface area contributed by atoms with Gasteiger partial charge in [-0.1, -0.05) is 31.5 Å². The van der Waals surface area contributed by atoms with E-state index >= 15 is 0 Å². The summed E-state index contributed by atoms with van der Waals surface area (Å²) in [6, 6.07) is 8.13. The molecular weight excluding hydrogens is 441 g/mol. The number of alkyl halides is 1. The van der Waals surface area contributed by atoms with Gasteiger partial charge >= 0.3 is 0 Å². The van der Waals surface area contributed by atoms with Crippen molar-refractivity contribution in [3.05, 3.63) is 53.5 Å². The molecule has 0 saturated carbocycles. The van der Waals surface area contributed by atoms with Gasteiger partial charge in [0.1, 0.15) is 5.67 Å². The van der Waals surface area contributed by atoms with E-state index in [4.69, 9.17) is 15.1 Å². The van der Waals surface area contributed by atoms with Gasteiger partial charge < -0.3 is 20.3 Å². The Balaban J connectivity index is 1.59. The molecule has 1 saturated heterocycles. The van der Waals surface area contributed by atoms with E-state index in [9.17, 15) is 4.39 Å². The van der Waals surface area contributed by atoms with Gasteiger partial charge in [-0.25, -0.2) is 14.4 Å². The quantitative estimate of drug-likeness (QED) is 0.345. The van der Waals surface area contributed by atoms with Crippen LogP contribution in [0, 0.1) is 5.92 Å². The number of aliphatic hydroxyl groups is 1. The molecule has 1 aromatic carbocycles. The van der Waals surface area contributed by atoms with E-state index in [2.05, 4.69) is 40.3 Å². The third-order valence-electron chi connectivity index (χ3n) is 7.02. The van der Waals surface area contributed by atoms with E-state index in [1.54, 1.807) is 13.8 Å². The van der Waals surface area contributed by atoms with E-state index in [-0.39, 0.29) is 19.2 Å². The monoisotopic (exact) mass is 481 g/mol. The summed E-state index contributed by atoms with van der Waals surface area (Å²) in [6.45, 7) is 7.75. The minimum absolute atomic E-state index is 0.224. The second-order valence-corrected chi connectivity index (χ2v) is 10.5. The molecule has 0 unspecified atom stereocenters. The summed E-state index contributed by atoms with van der Waals surface area (Å²) in [7, 11) is 0. The van der Waals surface area contributed by atoms with E-state index in [1.807, 2.05) is 18.5 Å². The number of aliphatic hydroxyl groups excluding tert-OH is 1. The molecule has 0 bridgehead atoms. The lowest BCUT2D eigenvalue weighted by molar-refractivity contribution is 0.205. The molecule has 1 aliphatic heterocycles. The summed E-state index contributed by atoms with van der Waals surface area (Å²) < 4.78 is 14.5. The van der Waals surface area contributed by atoms with Crippen LogP contribution in [0.5, 0.6) is 0 Å². The van der Waals surface area contributed by atoms with Crippen LogP contribution in [0.4, 0.5) is 10.3 Å². The fourth-order valence-corrected chi connectivity index (χ4v) is 5.16. The SMILES string of the molecule is CCCc1c([C@H](NCC(C)(C)F)c2cnc(N3CCC(CCCO)CC3)nc2)[nH]c2ccccc12. The minimum Gasteiger partial charge on any atom is -0.396 e.